The van der Waals surface area contributed by atoms with Crippen molar-refractivity contribution in [2.45, 2.75) is 38.9 Å². The summed E-state index contributed by atoms with van der Waals surface area (Å²) >= 11 is 0. The van der Waals surface area contributed by atoms with Gasteiger partial charge in [0.2, 0.25) is 0 Å². The standard InChI is InChI=1S/C16H19N3O/c1-2-7-19-11-14(10-18-19)16(20)15-8-12-5-3-4-6-13(12)9-17-15/h3-6,10-11,15,17H,2,7-9H2,1H3. The summed E-state index contributed by atoms with van der Waals surface area (Å²) in [7, 11) is 0. The number of carbonyl (C=O) groups is 1. The summed E-state index contributed by atoms with van der Waals surface area (Å²) in [5.74, 6) is 0.141. The molecule has 0 amide bonds. The molecule has 2 aromatic rings. The molecule has 0 radical (unpaired) electrons. The lowest BCUT2D eigenvalue weighted by Crippen LogP contribution is -2.41. The minimum Gasteiger partial charge on any atom is -0.303 e. The fourth-order valence-corrected chi connectivity index (χ4v) is 2.68. The topological polar surface area (TPSA) is 46.9 Å². The zero-order chi connectivity index (χ0) is 13.9. The van der Waals surface area contributed by atoms with Gasteiger partial charge in [0.1, 0.15) is 0 Å². The second kappa shape index (κ2) is 5.59. The molecule has 104 valence electrons. The van der Waals surface area contributed by atoms with Gasteiger partial charge in [0.15, 0.2) is 5.78 Å². The van der Waals surface area contributed by atoms with Crippen molar-refractivity contribution in [2.24, 2.45) is 0 Å². The van der Waals surface area contributed by atoms with E-state index in [9.17, 15) is 4.79 Å². The minimum atomic E-state index is -0.135. The zero-order valence-electron chi connectivity index (χ0n) is 11.7. The van der Waals surface area contributed by atoms with E-state index >= 15 is 0 Å². The Labute approximate surface area is 118 Å². The molecule has 0 aliphatic carbocycles. The van der Waals surface area contributed by atoms with E-state index in [0.29, 0.717) is 5.56 Å². The van der Waals surface area contributed by atoms with Crippen molar-refractivity contribution in [1.82, 2.24) is 15.1 Å². The summed E-state index contributed by atoms with van der Waals surface area (Å²) in [5, 5.41) is 7.56. The Bertz CT molecular complexity index is 618. The molecule has 4 nitrogen and oxygen atoms in total. The average molecular weight is 269 g/mol. The van der Waals surface area contributed by atoms with E-state index in [-0.39, 0.29) is 11.8 Å². The zero-order valence-corrected chi connectivity index (χ0v) is 11.7. The van der Waals surface area contributed by atoms with Crippen LogP contribution in [0.1, 0.15) is 34.8 Å². The summed E-state index contributed by atoms with van der Waals surface area (Å²) < 4.78 is 1.84. The van der Waals surface area contributed by atoms with E-state index in [1.54, 1.807) is 6.20 Å². The highest BCUT2D eigenvalue weighted by Crippen LogP contribution is 2.18. The molecule has 1 aromatic heterocycles. The summed E-state index contributed by atoms with van der Waals surface area (Å²) in [6, 6.07) is 8.16. The van der Waals surface area contributed by atoms with Crippen LogP contribution in [0.15, 0.2) is 36.7 Å². The molecule has 20 heavy (non-hydrogen) atoms. The Morgan fingerprint density at radius 3 is 3.00 bits per heavy atom. The Morgan fingerprint density at radius 1 is 1.40 bits per heavy atom. The molecule has 2 heterocycles. The van der Waals surface area contributed by atoms with Crippen molar-refractivity contribution in [3.8, 4) is 0 Å². The van der Waals surface area contributed by atoms with Gasteiger partial charge < -0.3 is 5.32 Å². The van der Waals surface area contributed by atoms with Crippen molar-refractivity contribution >= 4 is 5.78 Å². The van der Waals surface area contributed by atoms with Gasteiger partial charge in [0.05, 0.1) is 17.8 Å². The molecule has 1 aromatic carbocycles. The van der Waals surface area contributed by atoms with Crippen LogP contribution in [0.3, 0.4) is 0 Å². The maximum atomic E-state index is 12.5. The van der Waals surface area contributed by atoms with Crippen LogP contribution in [0.5, 0.6) is 0 Å². The van der Waals surface area contributed by atoms with E-state index in [0.717, 1.165) is 25.9 Å². The van der Waals surface area contributed by atoms with Crippen LogP contribution in [-0.4, -0.2) is 21.6 Å². The van der Waals surface area contributed by atoms with Crippen molar-refractivity contribution in [1.29, 1.82) is 0 Å². The van der Waals surface area contributed by atoms with Crippen LogP contribution in [0.4, 0.5) is 0 Å². The first-order valence-electron chi connectivity index (χ1n) is 7.14. The first-order chi connectivity index (χ1) is 9.78. The molecule has 1 atom stereocenters. The maximum absolute atomic E-state index is 12.5. The Hall–Kier alpha value is -1.94. The number of hydrogen-bond acceptors (Lipinski definition) is 3. The second-order valence-corrected chi connectivity index (χ2v) is 5.26. The number of nitrogens with one attached hydrogen (secondary N) is 1. The van der Waals surface area contributed by atoms with Gasteiger partial charge in [-0.25, -0.2) is 0 Å². The second-order valence-electron chi connectivity index (χ2n) is 5.26. The number of Topliss-reactive ketones (excluding diaryl/α,β-unsaturated/α-hetero) is 1. The van der Waals surface area contributed by atoms with Gasteiger partial charge in [-0.05, 0) is 24.0 Å². The molecule has 4 heteroatoms. The van der Waals surface area contributed by atoms with Crippen molar-refractivity contribution in [3.63, 3.8) is 0 Å². The fraction of sp³-hybridized carbons (Fsp3) is 0.375. The highest BCUT2D eigenvalue weighted by atomic mass is 16.1. The molecule has 0 saturated carbocycles. The third-order valence-electron chi connectivity index (χ3n) is 3.77. The van der Waals surface area contributed by atoms with Crippen molar-refractivity contribution in [3.05, 3.63) is 53.3 Å². The van der Waals surface area contributed by atoms with Gasteiger partial charge in [-0.3, -0.25) is 9.48 Å². The lowest BCUT2D eigenvalue weighted by Gasteiger charge is -2.24. The molecule has 3 rings (SSSR count). The number of hydrogen-bond donors (Lipinski definition) is 1. The summed E-state index contributed by atoms with van der Waals surface area (Å²) in [6.07, 6.45) is 5.31. The monoisotopic (exact) mass is 269 g/mol. The van der Waals surface area contributed by atoms with E-state index in [1.165, 1.54) is 11.1 Å². The largest absolute Gasteiger partial charge is 0.303 e. The lowest BCUT2D eigenvalue weighted by atomic mass is 9.92. The number of fused-ring (bicyclic) bond motifs is 1. The summed E-state index contributed by atoms with van der Waals surface area (Å²) in [6.45, 7) is 3.71. The van der Waals surface area contributed by atoms with Crippen LogP contribution in [0.25, 0.3) is 0 Å². The average Bonchev–Trinajstić information content (AvgIpc) is 2.95. The first-order valence-corrected chi connectivity index (χ1v) is 7.14. The SMILES string of the molecule is CCCn1cc(C(=O)C2Cc3ccccc3CN2)cn1. The Morgan fingerprint density at radius 2 is 2.20 bits per heavy atom. The highest BCUT2D eigenvalue weighted by molar-refractivity contribution is 6.00. The smallest absolute Gasteiger partial charge is 0.183 e. The lowest BCUT2D eigenvalue weighted by molar-refractivity contribution is 0.0938. The number of rotatable bonds is 4. The summed E-state index contributed by atoms with van der Waals surface area (Å²) in [5.41, 5.74) is 3.26. The Kier molecular flexibility index (Phi) is 3.65. The molecule has 1 aliphatic rings. The van der Waals surface area contributed by atoms with Gasteiger partial charge in [-0.15, -0.1) is 0 Å². The van der Waals surface area contributed by atoms with Crippen LogP contribution in [0, 0.1) is 0 Å². The van der Waals surface area contributed by atoms with Crippen LogP contribution in [0.2, 0.25) is 0 Å². The number of nitrogens with zero attached hydrogens (tertiary/aromatic N) is 2. The number of carbonyl (C=O) groups excluding carboxylic acids is 1. The fourth-order valence-electron chi connectivity index (χ4n) is 2.68. The third-order valence-corrected chi connectivity index (χ3v) is 3.77. The molecular weight excluding hydrogens is 250 g/mol. The van der Waals surface area contributed by atoms with Crippen LogP contribution in [-0.2, 0) is 19.5 Å². The summed E-state index contributed by atoms with van der Waals surface area (Å²) in [4.78, 5) is 12.5. The van der Waals surface area contributed by atoms with E-state index in [2.05, 4.69) is 29.5 Å². The first kappa shape index (κ1) is 13.1. The van der Waals surface area contributed by atoms with Crippen LogP contribution >= 0.6 is 0 Å². The van der Waals surface area contributed by atoms with E-state index < -0.39 is 0 Å². The van der Waals surface area contributed by atoms with Gasteiger partial charge in [0.25, 0.3) is 0 Å². The molecule has 0 spiro atoms. The van der Waals surface area contributed by atoms with Gasteiger partial charge in [-0.2, -0.15) is 5.10 Å². The maximum Gasteiger partial charge on any atom is 0.183 e. The molecule has 0 saturated heterocycles. The number of benzene rings is 1. The van der Waals surface area contributed by atoms with E-state index in [1.807, 2.05) is 23.0 Å². The van der Waals surface area contributed by atoms with Crippen molar-refractivity contribution in [2.75, 3.05) is 0 Å². The predicted octanol–water partition coefficient (Wildman–Crippen LogP) is 2.19. The molecule has 1 unspecified atom stereocenters. The molecular formula is C16H19N3O. The van der Waals surface area contributed by atoms with Crippen LogP contribution < -0.4 is 5.32 Å². The molecule has 0 bridgehead atoms. The third kappa shape index (κ3) is 2.51. The molecule has 1 aliphatic heterocycles. The van der Waals surface area contributed by atoms with Crippen molar-refractivity contribution < 1.29 is 4.79 Å². The van der Waals surface area contributed by atoms with Gasteiger partial charge in [-0.1, -0.05) is 31.2 Å². The normalized spacial score (nSPS) is 17.8. The Balaban J connectivity index is 1.75. The minimum absolute atomic E-state index is 0.135. The molecule has 1 N–H and O–H groups in total. The number of aryl methyl sites for hydroxylation is 1. The van der Waals surface area contributed by atoms with Gasteiger partial charge >= 0.3 is 0 Å². The number of ketones is 1. The molecule has 0 fully saturated rings. The quantitative estimate of drug-likeness (QED) is 0.865. The van der Waals surface area contributed by atoms with E-state index in [4.69, 9.17) is 0 Å². The van der Waals surface area contributed by atoms with Gasteiger partial charge in [0, 0.05) is 19.3 Å². The number of aromatic nitrogens is 2. The highest BCUT2D eigenvalue weighted by Gasteiger charge is 2.25. The predicted molar refractivity (Wildman–Crippen MR) is 77.6 cm³/mol.